The molecule has 128 valence electrons. The number of aromatic nitrogens is 4. The molecule has 0 bridgehead atoms. The van der Waals surface area contributed by atoms with Crippen molar-refractivity contribution >= 4 is 17.6 Å². The molecular weight excluding hydrogens is 326 g/mol. The van der Waals surface area contributed by atoms with Gasteiger partial charge < -0.3 is 14.7 Å². The normalized spacial score (nSPS) is 26.2. The Kier molecular flexibility index (Phi) is 3.78. The summed E-state index contributed by atoms with van der Waals surface area (Å²) >= 11 is 1.53. The lowest BCUT2D eigenvalue weighted by atomic mass is 10.1. The summed E-state index contributed by atoms with van der Waals surface area (Å²) in [7, 11) is 0. The fourth-order valence-electron chi connectivity index (χ4n) is 3.47. The highest BCUT2D eigenvalue weighted by Crippen LogP contribution is 2.47. The third kappa shape index (κ3) is 2.49. The van der Waals surface area contributed by atoms with Crippen molar-refractivity contribution in [1.82, 2.24) is 20.2 Å². The SMILES string of the molecule is CSc1nc2c(c(N3CCOC[C@@](C)(O)C3)n1)-c1[nH]ncc1C2C. The van der Waals surface area contributed by atoms with E-state index in [9.17, 15) is 5.11 Å². The van der Waals surface area contributed by atoms with Gasteiger partial charge in [0.05, 0.1) is 42.9 Å². The molecule has 1 unspecified atom stereocenters. The van der Waals surface area contributed by atoms with Crippen LogP contribution in [0.15, 0.2) is 11.4 Å². The summed E-state index contributed by atoms with van der Waals surface area (Å²) in [6, 6.07) is 0. The molecule has 0 spiro atoms. The number of anilines is 1. The average molecular weight is 347 g/mol. The van der Waals surface area contributed by atoms with Crippen LogP contribution in [0.4, 0.5) is 5.82 Å². The fraction of sp³-hybridized carbons (Fsp3) is 0.562. The smallest absolute Gasteiger partial charge is 0.189 e. The largest absolute Gasteiger partial charge is 0.386 e. The Morgan fingerprint density at radius 3 is 3.08 bits per heavy atom. The summed E-state index contributed by atoms with van der Waals surface area (Å²) in [6.45, 7) is 6.00. The van der Waals surface area contributed by atoms with Crippen molar-refractivity contribution in [3.8, 4) is 11.3 Å². The van der Waals surface area contributed by atoms with Crippen LogP contribution >= 0.6 is 11.8 Å². The first-order valence-electron chi connectivity index (χ1n) is 8.05. The van der Waals surface area contributed by atoms with Crippen LogP contribution in [0, 0.1) is 0 Å². The molecule has 0 radical (unpaired) electrons. The van der Waals surface area contributed by atoms with E-state index in [0.29, 0.717) is 26.3 Å². The number of thioether (sulfide) groups is 1. The van der Waals surface area contributed by atoms with E-state index in [1.54, 1.807) is 6.92 Å². The van der Waals surface area contributed by atoms with Gasteiger partial charge in [0, 0.05) is 18.0 Å². The maximum atomic E-state index is 10.5. The number of rotatable bonds is 2. The van der Waals surface area contributed by atoms with Crippen molar-refractivity contribution in [1.29, 1.82) is 0 Å². The van der Waals surface area contributed by atoms with Crippen LogP contribution in [0.2, 0.25) is 0 Å². The Bertz CT molecular complexity index is 776. The van der Waals surface area contributed by atoms with E-state index < -0.39 is 5.60 Å². The van der Waals surface area contributed by atoms with E-state index in [-0.39, 0.29) is 5.92 Å². The third-order valence-electron chi connectivity index (χ3n) is 4.62. The number of ether oxygens (including phenoxy) is 1. The molecule has 1 saturated heterocycles. The molecule has 2 atom stereocenters. The maximum absolute atomic E-state index is 10.5. The first kappa shape index (κ1) is 15.9. The molecule has 3 heterocycles. The molecule has 1 aliphatic heterocycles. The zero-order chi connectivity index (χ0) is 16.9. The Labute approximate surface area is 144 Å². The third-order valence-corrected chi connectivity index (χ3v) is 5.17. The number of aromatic amines is 1. The van der Waals surface area contributed by atoms with Gasteiger partial charge in [-0.25, -0.2) is 9.97 Å². The molecule has 2 aromatic heterocycles. The summed E-state index contributed by atoms with van der Waals surface area (Å²) in [5, 5.41) is 18.6. The van der Waals surface area contributed by atoms with Crippen molar-refractivity contribution in [3.63, 3.8) is 0 Å². The van der Waals surface area contributed by atoms with E-state index in [0.717, 1.165) is 33.5 Å². The number of nitrogens with one attached hydrogen (secondary N) is 1. The monoisotopic (exact) mass is 347 g/mol. The minimum atomic E-state index is -0.908. The first-order chi connectivity index (χ1) is 11.5. The Hall–Kier alpha value is -1.64. The van der Waals surface area contributed by atoms with Crippen molar-refractivity contribution in [2.75, 3.05) is 37.5 Å². The summed E-state index contributed by atoms with van der Waals surface area (Å²) in [6.07, 6.45) is 3.85. The molecule has 7 nitrogen and oxygen atoms in total. The molecule has 1 fully saturated rings. The quantitative estimate of drug-likeness (QED) is 0.631. The number of fused-ring (bicyclic) bond motifs is 3. The maximum Gasteiger partial charge on any atom is 0.189 e. The van der Waals surface area contributed by atoms with Gasteiger partial charge in [0.15, 0.2) is 5.16 Å². The van der Waals surface area contributed by atoms with Crippen molar-refractivity contribution in [2.24, 2.45) is 0 Å². The minimum absolute atomic E-state index is 0.185. The van der Waals surface area contributed by atoms with Gasteiger partial charge in [-0.2, -0.15) is 5.10 Å². The summed E-state index contributed by atoms with van der Waals surface area (Å²) < 4.78 is 5.55. The molecule has 2 aliphatic rings. The van der Waals surface area contributed by atoms with Gasteiger partial charge in [0.2, 0.25) is 0 Å². The van der Waals surface area contributed by atoms with Crippen LogP contribution in [-0.2, 0) is 4.74 Å². The summed E-state index contributed by atoms with van der Waals surface area (Å²) in [5.74, 6) is 1.04. The molecule has 2 aromatic rings. The zero-order valence-corrected chi connectivity index (χ0v) is 14.9. The van der Waals surface area contributed by atoms with E-state index in [2.05, 4.69) is 22.0 Å². The van der Waals surface area contributed by atoms with Gasteiger partial charge in [0.25, 0.3) is 0 Å². The highest BCUT2D eigenvalue weighted by atomic mass is 32.2. The standard InChI is InChI=1S/C16H21N5O2S/c1-9-10-6-17-20-13(10)11-12(9)18-15(24-3)19-14(11)21-4-5-23-8-16(2,22)7-21/h6,9,22H,4-5,7-8H2,1-3H3,(H,17,20)/t9?,16-/m0/s1. The number of H-pyrrole nitrogens is 1. The van der Waals surface area contributed by atoms with Crippen LogP contribution in [0.1, 0.15) is 31.0 Å². The summed E-state index contributed by atoms with van der Waals surface area (Å²) in [4.78, 5) is 11.6. The molecule has 24 heavy (non-hydrogen) atoms. The van der Waals surface area contributed by atoms with Gasteiger partial charge in [-0.15, -0.1) is 0 Å². The van der Waals surface area contributed by atoms with Gasteiger partial charge in [-0.3, -0.25) is 5.10 Å². The minimum Gasteiger partial charge on any atom is -0.386 e. The Morgan fingerprint density at radius 1 is 1.46 bits per heavy atom. The molecule has 4 rings (SSSR count). The number of nitrogens with zero attached hydrogens (tertiary/aromatic N) is 4. The van der Waals surface area contributed by atoms with Gasteiger partial charge in [0.1, 0.15) is 11.4 Å². The molecule has 8 heteroatoms. The second kappa shape index (κ2) is 5.72. The lowest BCUT2D eigenvalue weighted by Crippen LogP contribution is -2.42. The van der Waals surface area contributed by atoms with Crippen molar-refractivity contribution < 1.29 is 9.84 Å². The number of aliphatic hydroxyl groups is 1. The average Bonchev–Trinajstić information content (AvgIpc) is 3.07. The summed E-state index contributed by atoms with van der Waals surface area (Å²) in [5.41, 5.74) is 3.26. The second-order valence-corrected chi connectivity index (χ2v) is 7.46. The van der Waals surface area contributed by atoms with E-state index in [4.69, 9.17) is 14.7 Å². The van der Waals surface area contributed by atoms with Crippen LogP contribution in [-0.4, -0.2) is 63.4 Å². The van der Waals surface area contributed by atoms with Gasteiger partial charge in [-0.1, -0.05) is 18.7 Å². The highest BCUT2D eigenvalue weighted by Gasteiger charge is 2.36. The molecule has 0 saturated carbocycles. The molecule has 0 amide bonds. The van der Waals surface area contributed by atoms with Gasteiger partial charge >= 0.3 is 0 Å². The lowest BCUT2D eigenvalue weighted by molar-refractivity contribution is -0.0123. The van der Waals surface area contributed by atoms with Crippen LogP contribution in [0.5, 0.6) is 0 Å². The molecule has 0 aromatic carbocycles. The number of β-amino-alcohol motifs (C(OH)–C–C–N with tert-alkyl or cyclic N) is 1. The van der Waals surface area contributed by atoms with Gasteiger partial charge in [-0.05, 0) is 13.2 Å². The number of hydrogen-bond donors (Lipinski definition) is 2. The molecular formula is C16H21N5O2S. The lowest BCUT2D eigenvalue weighted by Gasteiger charge is -2.29. The fourth-order valence-corrected chi connectivity index (χ4v) is 3.84. The zero-order valence-electron chi connectivity index (χ0n) is 14.0. The van der Waals surface area contributed by atoms with E-state index >= 15 is 0 Å². The Morgan fingerprint density at radius 2 is 2.29 bits per heavy atom. The Balaban J connectivity index is 1.87. The molecule has 1 aliphatic carbocycles. The highest BCUT2D eigenvalue weighted by molar-refractivity contribution is 7.98. The molecule has 2 N–H and O–H groups in total. The van der Waals surface area contributed by atoms with Crippen LogP contribution in [0.3, 0.4) is 0 Å². The predicted octanol–water partition coefficient (Wildman–Crippen LogP) is 1.64. The van der Waals surface area contributed by atoms with E-state index in [1.165, 1.54) is 11.8 Å². The number of hydrogen-bond acceptors (Lipinski definition) is 7. The topological polar surface area (TPSA) is 87.2 Å². The van der Waals surface area contributed by atoms with Crippen molar-refractivity contribution in [2.45, 2.75) is 30.5 Å². The van der Waals surface area contributed by atoms with Crippen LogP contribution in [0.25, 0.3) is 11.3 Å². The van der Waals surface area contributed by atoms with Crippen molar-refractivity contribution in [3.05, 3.63) is 17.5 Å². The second-order valence-electron chi connectivity index (χ2n) is 6.69. The van der Waals surface area contributed by atoms with E-state index in [1.807, 2.05) is 12.5 Å². The predicted molar refractivity (Wildman–Crippen MR) is 92.6 cm³/mol. The van der Waals surface area contributed by atoms with Crippen LogP contribution < -0.4 is 4.90 Å². The first-order valence-corrected chi connectivity index (χ1v) is 9.27.